The highest BCUT2D eigenvalue weighted by atomic mass is 32.1. The van der Waals surface area contributed by atoms with Gasteiger partial charge in [-0.15, -0.1) is 10.2 Å². The lowest BCUT2D eigenvalue weighted by molar-refractivity contribution is 0.102. The van der Waals surface area contributed by atoms with E-state index < -0.39 is 0 Å². The summed E-state index contributed by atoms with van der Waals surface area (Å²) in [6, 6.07) is 7.74. The molecule has 1 amide bonds. The Balaban J connectivity index is 1.94. The first-order chi connectivity index (χ1) is 11.1. The maximum Gasteiger partial charge on any atom is 0.258 e. The highest BCUT2D eigenvalue weighted by molar-refractivity contribution is 7.15. The maximum atomic E-state index is 12.7. The zero-order valence-electron chi connectivity index (χ0n) is 13.4. The second kappa shape index (κ2) is 6.42. The molecule has 0 fully saturated rings. The highest BCUT2D eigenvalue weighted by Gasteiger charge is 2.14. The number of anilines is 1. The molecule has 0 saturated heterocycles. The molecule has 0 radical (unpaired) electrons. The molecule has 2 heterocycles. The number of carbonyl (C=O) groups excluding carboxylic acids is 1. The summed E-state index contributed by atoms with van der Waals surface area (Å²) in [7, 11) is 0. The number of pyridine rings is 1. The van der Waals surface area contributed by atoms with Gasteiger partial charge in [0.1, 0.15) is 5.01 Å². The smallest absolute Gasteiger partial charge is 0.258 e. The van der Waals surface area contributed by atoms with Crippen molar-refractivity contribution >= 4 is 33.3 Å². The fraction of sp³-hybridized carbons (Fsp3) is 0.294. The van der Waals surface area contributed by atoms with Crippen LogP contribution in [0.3, 0.4) is 0 Å². The van der Waals surface area contributed by atoms with Crippen molar-refractivity contribution in [3.8, 4) is 0 Å². The van der Waals surface area contributed by atoms with E-state index in [0.29, 0.717) is 10.7 Å². The average molecular weight is 326 g/mol. The van der Waals surface area contributed by atoms with Gasteiger partial charge in [0.15, 0.2) is 0 Å². The maximum absolute atomic E-state index is 12.7. The van der Waals surface area contributed by atoms with Crippen LogP contribution in [0.5, 0.6) is 0 Å². The molecule has 5 nitrogen and oxygen atoms in total. The topological polar surface area (TPSA) is 67.8 Å². The Bertz CT molecular complexity index is 872. The Hall–Kier alpha value is -2.34. The Morgan fingerprint density at radius 2 is 2.04 bits per heavy atom. The molecule has 0 aliphatic carbocycles. The number of nitrogens with one attached hydrogen (secondary N) is 1. The molecule has 0 bridgehead atoms. The third-order valence-electron chi connectivity index (χ3n) is 3.49. The van der Waals surface area contributed by atoms with E-state index in [0.717, 1.165) is 40.0 Å². The Kier molecular flexibility index (Phi) is 4.34. The highest BCUT2D eigenvalue weighted by Crippen LogP contribution is 2.22. The minimum absolute atomic E-state index is 0.176. The van der Waals surface area contributed by atoms with Gasteiger partial charge < -0.3 is 0 Å². The third kappa shape index (κ3) is 3.37. The van der Waals surface area contributed by atoms with Crippen LogP contribution in [0.2, 0.25) is 0 Å². The lowest BCUT2D eigenvalue weighted by Gasteiger charge is -2.08. The molecule has 3 rings (SSSR count). The molecule has 1 aromatic carbocycles. The number of rotatable bonds is 4. The predicted octanol–water partition coefficient (Wildman–Crippen LogP) is 3.91. The molecular formula is C17H18N4OS. The van der Waals surface area contributed by atoms with Crippen molar-refractivity contribution in [2.45, 2.75) is 33.6 Å². The van der Waals surface area contributed by atoms with E-state index in [2.05, 4.69) is 27.4 Å². The van der Waals surface area contributed by atoms with Crippen molar-refractivity contribution in [2.75, 3.05) is 5.32 Å². The van der Waals surface area contributed by atoms with Crippen LogP contribution < -0.4 is 5.32 Å². The molecule has 0 atom stereocenters. The van der Waals surface area contributed by atoms with Gasteiger partial charge in [-0.25, -0.2) is 0 Å². The predicted molar refractivity (Wildman–Crippen MR) is 93.1 cm³/mol. The van der Waals surface area contributed by atoms with E-state index in [1.165, 1.54) is 11.3 Å². The number of hydrogen-bond donors (Lipinski definition) is 1. The van der Waals surface area contributed by atoms with Gasteiger partial charge in [0, 0.05) is 17.5 Å². The van der Waals surface area contributed by atoms with Crippen LogP contribution in [0, 0.1) is 13.8 Å². The fourth-order valence-corrected chi connectivity index (χ4v) is 3.28. The number of aromatic nitrogens is 3. The van der Waals surface area contributed by atoms with Gasteiger partial charge >= 0.3 is 0 Å². The summed E-state index contributed by atoms with van der Waals surface area (Å²) < 4.78 is 0. The third-order valence-corrected chi connectivity index (χ3v) is 4.39. The van der Waals surface area contributed by atoms with Crippen LogP contribution in [-0.2, 0) is 6.42 Å². The molecule has 23 heavy (non-hydrogen) atoms. The summed E-state index contributed by atoms with van der Waals surface area (Å²) >= 11 is 1.42. The number of fused-ring (bicyclic) bond motifs is 1. The summed E-state index contributed by atoms with van der Waals surface area (Å²) in [4.78, 5) is 17.1. The second-order valence-electron chi connectivity index (χ2n) is 5.54. The number of carbonyl (C=O) groups is 1. The number of amides is 1. The summed E-state index contributed by atoms with van der Waals surface area (Å²) in [6.45, 7) is 5.98. The van der Waals surface area contributed by atoms with E-state index in [1.807, 2.05) is 38.1 Å². The van der Waals surface area contributed by atoms with Crippen molar-refractivity contribution < 1.29 is 4.79 Å². The molecule has 3 aromatic rings. The summed E-state index contributed by atoms with van der Waals surface area (Å²) in [6.07, 6.45) is 1.89. The molecule has 2 aromatic heterocycles. The minimum Gasteiger partial charge on any atom is -0.296 e. The normalized spacial score (nSPS) is 10.9. The quantitative estimate of drug-likeness (QED) is 0.789. The standard InChI is InChI=1S/C17H18N4OS/c1-4-5-15-20-21-17(23-15)19-16(22)13-9-11(3)18-14-7-6-10(2)8-12(13)14/h6-9H,4-5H2,1-3H3,(H,19,21,22). The van der Waals surface area contributed by atoms with Gasteiger partial charge in [-0.2, -0.15) is 0 Å². The zero-order valence-corrected chi connectivity index (χ0v) is 14.2. The Morgan fingerprint density at radius 1 is 1.22 bits per heavy atom. The van der Waals surface area contributed by atoms with Gasteiger partial charge in [0.25, 0.3) is 5.91 Å². The van der Waals surface area contributed by atoms with Crippen LogP contribution >= 0.6 is 11.3 Å². The van der Waals surface area contributed by atoms with Crippen molar-refractivity contribution in [2.24, 2.45) is 0 Å². The lowest BCUT2D eigenvalue weighted by atomic mass is 10.0. The first-order valence-corrected chi connectivity index (χ1v) is 8.40. The molecular weight excluding hydrogens is 308 g/mol. The number of nitrogens with zero attached hydrogens (tertiary/aromatic N) is 3. The second-order valence-corrected chi connectivity index (χ2v) is 6.60. The molecule has 0 spiro atoms. The van der Waals surface area contributed by atoms with Crippen molar-refractivity contribution in [1.29, 1.82) is 0 Å². The van der Waals surface area contributed by atoms with Crippen molar-refractivity contribution in [3.05, 3.63) is 46.1 Å². The van der Waals surface area contributed by atoms with Crippen LogP contribution in [0.1, 0.15) is 40.0 Å². The van der Waals surface area contributed by atoms with Crippen LogP contribution in [0.15, 0.2) is 24.3 Å². The molecule has 0 unspecified atom stereocenters. The molecule has 6 heteroatoms. The molecule has 0 aliphatic heterocycles. The molecule has 0 aliphatic rings. The molecule has 118 valence electrons. The Labute approximate surface area is 138 Å². The van der Waals surface area contributed by atoms with E-state index in [9.17, 15) is 4.79 Å². The lowest BCUT2D eigenvalue weighted by Crippen LogP contribution is -2.13. The monoisotopic (exact) mass is 326 g/mol. The van der Waals surface area contributed by atoms with Gasteiger partial charge in [-0.1, -0.05) is 29.9 Å². The number of hydrogen-bond acceptors (Lipinski definition) is 5. The molecule has 1 N–H and O–H groups in total. The van der Waals surface area contributed by atoms with Gasteiger partial charge in [-0.3, -0.25) is 15.1 Å². The first kappa shape index (κ1) is 15.6. The van der Waals surface area contributed by atoms with E-state index in [-0.39, 0.29) is 5.91 Å². The largest absolute Gasteiger partial charge is 0.296 e. The van der Waals surface area contributed by atoms with Crippen molar-refractivity contribution in [3.63, 3.8) is 0 Å². The van der Waals surface area contributed by atoms with E-state index in [4.69, 9.17) is 0 Å². The fourth-order valence-electron chi connectivity index (χ4n) is 2.44. The minimum atomic E-state index is -0.176. The van der Waals surface area contributed by atoms with Crippen LogP contribution in [0.4, 0.5) is 5.13 Å². The molecule has 0 saturated carbocycles. The van der Waals surface area contributed by atoms with Gasteiger partial charge in [-0.05, 0) is 38.5 Å². The van der Waals surface area contributed by atoms with Crippen LogP contribution in [-0.4, -0.2) is 21.1 Å². The zero-order chi connectivity index (χ0) is 16.4. The average Bonchev–Trinajstić information content (AvgIpc) is 2.94. The van der Waals surface area contributed by atoms with E-state index >= 15 is 0 Å². The summed E-state index contributed by atoms with van der Waals surface area (Å²) in [5.74, 6) is -0.176. The first-order valence-electron chi connectivity index (χ1n) is 7.58. The van der Waals surface area contributed by atoms with Gasteiger partial charge in [0.2, 0.25) is 5.13 Å². The Morgan fingerprint density at radius 3 is 2.83 bits per heavy atom. The summed E-state index contributed by atoms with van der Waals surface area (Å²) in [5, 5.41) is 13.3. The van der Waals surface area contributed by atoms with Gasteiger partial charge in [0.05, 0.1) is 11.1 Å². The van der Waals surface area contributed by atoms with Crippen LogP contribution in [0.25, 0.3) is 10.9 Å². The number of benzene rings is 1. The SMILES string of the molecule is CCCc1nnc(NC(=O)c2cc(C)nc3ccc(C)cc23)s1. The number of aryl methyl sites for hydroxylation is 3. The summed E-state index contributed by atoms with van der Waals surface area (Å²) in [5.41, 5.74) is 3.35. The van der Waals surface area contributed by atoms with E-state index in [1.54, 1.807) is 0 Å². The van der Waals surface area contributed by atoms with Crippen molar-refractivity contribution in [1.82, 2.24) is 15.2 Å².